The van der Waals surface area contributed by atoms with Crippen LogP contribution in [0.15, 0.2) is 0 Å². The molecule has 0 amide bonds. The van der Waals surface area contributed by atoms with Crippen LogP contribution in [0.5, 0.6) is 0 Å². The van der Waals surface area contributed by atoms with Crippen LogP contribution in [0.1, 0.15) is 34.1 Å². The summed E-state index contributed by atoms with van der Waals surface area (Å²) in [6, 6.07) is 0. The second-order valence-corrected chi connectivity index (χ2v) is 2.94. The smallest absolute Gasteiger partial charge is 0.306 e. The Kier molecular flexibility index (Phi) is 5.67. The van der Waals surface area contributed by atoms with Crippen molar-refractivity contribution in [2.45, 2.75) is 39.7 Å². The van der Waals surface area contributed by atoms with Crippen molar-refractivity contribution in [3.05, 3.63) is 0 Å². The van der Waals surface area contributed by atoms with Crippen LogP contribution in [0, 0.1) is 0 Å². The lowest BCUT2D eigenvalue weighted by Crippen LogP contribution is -2.23. The largest absolute Gasteiger partial charge is 0.460 e. The molecule has 62 valence electrons. The number of hydrogen-bond acceptors (Lipinski definition) is 2. The van der Waals surface area contributed by atoms with E-state index >= 15 is 0 Å². The molecule has 0 spiro atoms. The Morgan fingerprint density at radius 3 is 1.90 bits per heavy atom. The molecule has 0 unspecified atom stereocenters. The highest BCUT2D eigenvalue weighted by Crippen LogP contribution is 2.07. The van der Waals surface area contributed by atoms with Gasteiger partial charge in [0.2, 0.25) is 0 Å². The minimum Gasteiger partial charge on any atom is -0.460 e. The SMILES string of the molecule is CCC(=O)OC(C)(C)C.Cl. The number of carbonyl (C=O) groups is 1. The van der Waals surface area contributed by atoms with E-state index in [2.05, 4.69) is 0 Å². The second kappa shape index (κ2) is 4.56. The van der Waals surface area contributed by atoms with Crippen LogP contribution in [-0.4, -0.2) is 11.6 Å². The summed E-state index contributed by atoms with van der Waals surface area (Å²) in [6.07, 6.45) is 0.456. The summed E-state index contributed by atoms with van der Waals surface area (Å²) >= 11 is 0. The quantitative estimate of drug-likeness (QED) is 0.558. The third-order valence-electron chi connectivity index (χ3n) is 0.709. The monoisotopic (exact) mass is 166 g/mol. The maximum Gasteiger partial charge on any atom is 0.306 e. The number of rotatable bonds is 1. The topological polar surface area (TPSA) is 26.3 Å². The molecule has 0 heterocycles. The number of hydrogen-bond donors (Lipinski definition) is 0. The Balaban J connectivity index is 0. The number of esters is 1. The molecule has 0 rings (SSSR count). The van der Waals surface area contributed by atoms with Crippen molar-refractivity contribution < 1.29 is 9.53 Å². The molecule has 0 aliphatic rings. The van der Waals surface area contributed by atoms with Crippen LogP contribution in [0.25, 0.3) is 0 Å². The van der Waals surface area contributed by atoms with Gasteiger partial charge in [-0.15, -0.1) is 12.4 Å². The first-order valence-electron chi connectivity index (χ1n) is 3.17. The van der Waals surface area contributed by atoms with E-state index in [9.17, 15) is 4.79 Å². The molecular weight excluding hydrogens is 152 g/mol. The zero-order chi connectivity index (χ0) is 7.49. The maximum absolute atomic E-state index is 10.6. The second-order valence-electron chi connectivity index (χ2n) is 2.94. The van der Waals surface area contributed by atoms with Crippen LogP contribution in [0.2, 0.25) is 0 Å². The maximum atomic E-state index is 10.6. The van der Waals surface area contributed by atoms with Crippen molar-refractivity contribution in [1.82, 2.24) is 0 Å². The molecule has 0 aromatic heterocycles. The minimum atomic E-state index is -0.326. The summed E-state index contributed by atoms with van der Waals surface area (Å²) in [5.41, 5.74) is -0.326. The molecule has 0 radical (unpaired) electrons. The van der Waals surface area contributed by atoms with Crippen LogP contribution in [0.3, 0.4) is 0 Å². The highest BCUT2D eigenvalue weighted by molar-refractivity contribution is 5.85. The molecule has 0 aliphatic carbocycles. The van der Waals surface area contributed by atoms with Crippen LogP contribution in [0.4, 0.5) is 0 Å². The van der Waals surface area contributed by atoms with Gasteiger partial charge in [0, 0.05) is 6.42 Å². The first kappa shape index (κ1) is 12.4. The molecular formula is C7H15ClO2. The van der Waals surface area contributed by atoms with Gasteiger partial charge in [0.1, 0.15) is 5.60 Å². The van der Waals surface area contributed by atoms with Gasteiger partial charge in [0.05, 0.1) is 0 Å². The lowest BCUT2D eigenvalue weighted by molar-refractivity contribution is -0.154. The van der Waals surface area contributed by atoms with E-state index in [1.165, 1.54) is 0 Å². The molecule has 0 saturated carbocycles. The van der Waals surface area contributed by atoms with Gasteiger partial charge in [0.25, 0.3) is 0 Å². The van der Waals surface area contributed by atoms with Crippen molar-refractivity contribution in [1.29, 1.82) is 0 Å². The number of carbonyl (C=O) groups excluding carboxylic acids is 1. The van der Waals surface area contributed by atoms with Gasteiger partial charge in [-0.1, -0.05) is 6.92 Å². The molecule has 0 aromatic rings. The average molecular weight is 167 g/mol. The first-order valence-corrected chi connectivity index (χ1v) is 3.17. The molecule has 3 heteroatoms. The molecule has 0 atom stereocenters. The lowest BCUT2D eigenvalue weighted by atomic mass is 10.2. The van der Waals surface area contributed by atoms with E-state index in [1.807, 2.05) is 20.8 Å². The Morgan fingerprint density at radius 2 is 1.80 bits per heavy atom. The van der Waals surface area contributed by atoms with E-state index < -0.39 is 0 Å². The third-order valence-corrected chi connectivity index (χ3v) is 0.709. The van der Waals surface area contributed by atoms with Gasteiger partial charge in [0.15, 0.2) is 0 Å². The standard InChI is InChI=1S/C7H14O2.ClH/c1-5-6(8)9-7(2,3)4;/h5H2,1-4H3;1H. The predicted molar refractivity (Wildman–Crippen MR) is 43.4 cm³/mol. The Labute approximate surface area is 68.4 Å². The summed E-state index contributed by atoms with van der Waals surface area (Å²) in [5, 5.41) is 0. The fraction of sp³-hybridized carbons (Fsp3) is 0.857. The van der Waals surface area contributed by atoms with Crippen LogP contribution < -0.4 is 0 Å². The Hall–Kier alpha value is -0.240. The van der Waals surface area contributed by atoms with Gasteiger partial charge in [-0.25, -0.2) is 0 Å². The van der Waals surface area contributed by atoms with Crippen molar-refractivity contribution in [2.75, 3.05) is 0 Å². The van der Waals surface area contributed by atoms with Gasteiger partial charge < -0.3 is 4.74 Å². The van der Waals surface area contributed by atoms with Crippen LogP contribution >= 0.6 is 12.4 Å². The molecule has 2 nitrogen and oxygen atoms in total. The van der Waals surface area contributed by atoms with Crippen molar-refractivity contribution in [3.8, 4) is 0 Å². The van der Waals surface area contributed by atoms with Gasteiger partial charge in [-0.05, 0) is 20.8 Å². The fourth-order valence-electron chi connectivity index (χ4n) is 0.414. The van der Waals surface area contributed by atoms with Gasteiger partial charge >= 0.3 is 5.97 Å². The molecule has 0 N–H and O–H groups in total. The van der Waals surface area contributed by atoms with Crippen molar-refractivity contribution >= 4 is 18.4 Å². The van der Waals surface area contributed by atoms with Crippen molar-refractivity contribution in [2.24, 2.45) is 0 Å². The Bertz CT molecular complexity index is 105. The summed E-state index contributed by atoms with van der Waals surface area (Å²) in [5.74, 6) is -0.137. The summed E-state index contributed by atoms with van der Waals surface area (Å²) in [7, 11) is 0. The van der Waals surface area contributed by atoms with E-state index in [0.29, 0.717) is 6.42 Å². The average Bonchev–Trinajstić information content (AvgIpc) is 1.62. The zero-order valence-corrected chi connectivity index (χ0v) is 7.75. The van der Waals surface area contributed by atoms with E-state index in [0.717, 1.165) is 0 Å². The molecule has 0 fully saturated rings. The first-order chi connectivity index (χ1) is 3.95. The number of ether oxygens (including phenoxy) is 1. The number of halogens is 1. The normalized spacial score (nSPS) is 10.0. The molecule has 0 aliphatic heterocycles. The summed E-state index contributed by atoms with van der Waals surface area (Å²) in [4.78, 5) is 10.6. The summed E-state index contributed by atoms with van der Waals surface area (Å²) < 4.78 is 4.95. The van der Waals surface area contributed by atoms with E-state index in [1.54, 1.807) is 6.92 Å². The van der Waals surface area contributed by atoms with E-state index in [-0.39, 0.29) is 24.0 Å². The molecule has 0 aromatic carbocycles. The zero-order valence-electron chi connectivity index (χ0n) is 6.93. The molecule has 0 bridgehead atoms. The highest BCUT2D eigenvalue weighted by atomic mass is 35.5. The Morgan fingerprint density at radius 1 is 1.40 bits per heavy atom. The molecule has 10 heavy (non-hydrogen) atoms. The van der Waals surface area contributed by atoms with Crippen molar-refractivity contribution in [3.63, 3.8) is 0 Å². The van der Waals surface area contributed by atoms with Gasteiger partial charge in [-0.2, -0.15) is 0 Å². The lowest BCUT2D eigenvalue weighted by Gasteiger charge is -2.18. The third kappa shape index (κ3) is 7.76. The minimum absolute atomic E-state index is 0. The van der Waals surface area contributed by atoms with Crippen LogP contribution in [-0.2, 0) is 9.53 Å². The summed E-state index contributed by atoms with van der Waals surface area (Å²) in [6.45, 7) is 7.37. The van der Waals surface area contributed by atoms with E-state index in [4.69, 9.17) is 4.74 Å². The fourth-order valence-corrected chi connectivity index (χ4v) is 0.414. The predicted octanol–water partition coefficient (Wildman–Crippen LogP) is 2.16. The highest BCUT2D eigenvalue weighted by Gasteiger charge is 2.13. The molecule has 0 saturated heterocycles. The van der Waals surface area contributed by atoms with Gasteiger partial charge in [-0.3, -0.25) is 4.79 Å².